The van der Waals surface area contributed by atoms with Crippen LogP contribution in [0.4, 0.5) is 4.39 Å². The third kappa shape index (κ3) is 6.25. The molecule has 0 aliphatic heterocycles. The van der Waals surface area contributed by atoms with Gasteiger partial charge in [0.05, 0.1) is 0 Å². The van der Waals surface area contributed by atoms with Crippen molar-refractivity contribution in [3.05, 3.63) is 35.6 Å². The molecule has 0 aromatic heterocycles. The first-order chi connectivity index (χ1) is 8.47. The summed E-state index contributed by atoms with van der Waals surface area (Å²) in [4.78, 5) is 3.45. The molecule has 1 aromatic rings. The Balaban J connectivity index is 2.76. The molecule has 0 bridgehead atoms. The van der Waals surface area contributed by atoms with Crippen LogP contribution >= 0.6 is 0 Å². The van der Waals surface area contributed by atoms with E-state index in [0.717, 1.165) is 5.56 Å². The molecule has 0 radical (unpaired) electrons. The molecule has 0 amide bonds. The molecule has 0 spiro atoms. The van der Waals surface area contributed by atoms with Gasteiger partial charge < -0.3 is 0 Å². The minimum atomic E-state index is -1.02. The maximum Gasteiger partial charge on any atom is 0.377 e. The van der Waals surface area contributed by atoms with Crippen molar-refractivity contribution in [1.82, 2.24) is 0 Å². The summed E-state index contributed by atoms with van der Waals surface area (Å²) in [5.74, 6) is 4.39. The summed E-state index contributed by atoms with van der Waals surface area (Å²) in [6, 6.07) is 6.58. The SMILES string of the molecule is CC(C)[CH2][Al]([C]#Cc1cccc(F)c1)[CH2]C(C)C. The van der Waals surface area contributed by atoms with Gasteiger partial charge in [-0.05, 0) is 18.2 Å². The van der Waals surface area contributed by atoms with Crippen LogP contribution in [0.5, 0.6) is 0 Å². The zero-order valence-electron chi connectivity index (χ0n) is 11.8. The van der Waals surface area contributed by atoms with Crippen molar-refractivity contribution in [2.45, 2.75) is 38.3 Å². The third-order valence-electron chi connectivity index (χ3n) is 2.76. The lowest BCUT2D eigenvalue weighted by Crippen LogP contribution is -2.15. The van der Waals surface area contributed by atoms with Crippen molar-refractivity contribution in [2.75, 3.05) is 0 Å². The molecule has 0 N–H and O–H groups in total. The lowest BCUT2D eigenvalue weighted by Gasteiger charge is -2.10. The van der Waals surface area contributed by atoms with Crippen LogP contribution in [-0.2, 0) is 0 Å². The summed E-state index contributed by atoms with van der Waals surface area (Å²) in [6.45, 7) is 9.02. The maximum absolute atomic E-state index is 13.1. The van der Waals surface area contributed by atoms with Crippen molar-refractivity contribution in [2.24, 2.45) is 11.8 Å². The van der Waals surface area contributed by atoms with Crippen molar-refractivity contribution in [1.29, 1.82) is 0 Å². The second-order valence-electron chi connectivity index (χ2n) is 5.74. The van der Waals surface area contributed by atoms with Gasteiger partial charge >= 0.3 is 14.1 Å². The van der Waals surface area contributed by atoms with Crippen molar-refractivity contribution in [3.8, 4) is 10.7 Å². The van der Waals surface area contributed by atoms with Gasteiger partial charge in [-0.25, -0.2) is 4.39 Å². The first kappa shape index (κ1) is 15.3. The molecule has 0 fully saturated rings. The van der Waals surface area contributed by atoms with Crippen LogP contribution in [0.15, 0.2) is 24.3 Å². The van der Waals surface area contributed by atoms with Crippen LogP contribution in [0.2, 0.25) is 10.6 Å². The van der Waals surface area contributed by atoms with E-state index >= 15 is 0 Å². The van der Waals surface area contributed by atoms with E-state index in [1.165, 1.54) is 22.7 Å². The molecule has 2 heteroatoms. The monoisotopic (exact) mass is 260 g/mol. The van der Waals surface area contributed by atoms with E-state index in [0.29, 0.717) is 11.8 Å². The van der Waals surface area contributed by atoms with E-state index in [2.05, 4.69) is 38.4 Å². The molecule has 0 saturated heterocycles. The smallest absolute Gasteiger partial charge is 0.207 e. The molecule has 0 atom stereocenters. The van der Waals surface area contributed by atoms with E-state index in [4.69, 9.17) is 0 Å². The Morgan fingerprint density at radius 2 is 1.72 bits per heavy atom. The van der Waals surface area contributed by atoms with E-state index in [1.807, 2.05) is 6.07 Å². The van der Waals surface area contributed by atoms with Crippen LogP contribution in [-0.4, -0.2) is 14.1 Å². The van der Waals surface area contributed by atoms with E-state index in [-0.39, 0.29) is 5.82 Å². The van der Waals surface area contributed by atoms with Gasteiger partial charge in [-0.2, -0.15) is 4.78 Å². The number of hydrogen-bond acceptors (Lipinski definition) is 0. The van der Waals surface area contributed by atoms with Gasteiger partial charge in [-0.3, -0.25) is 0 Å². The highest BCUT2D eigenvalue weighted by atomic mass is 27.2. The Kier molecular flexibility index (Phi) is 6.48. The van der Waals surface area contributed by atoms with Gasteiger partial charge in [-0.15, -0.1) is 0 Å². The van der Waals surface area contributed by atoms with E-state index in [1.54, 1.807) is 6.07 Å². The predicted octanol–water partition coefficient (Wildman–Crippen LogP) is 4.52. The average Bonchev–Trinajstić information content (AvgIpc) is 2.24. The van der Waals surface area contributed by atoms with E-state index < -0.39 is 14.1 Å². The number of hydrogen-bond donors (Lipinski definition) is 0. The fourth-order valence-corrected chi connectivity index (χ4v) is 5.18. The summed E-state index contributed by atoms with van der Waals surface area (Å²) < 4.78 is 13.1. The molecule has 0 heterocycles. The highest BCUT2D eigenvalue weighted by molar-refractivity contribution is 6.67. The second-order valence-corrected chi connectivity index (χ2v) is 8.36. The van der Waals surface area contributed by atoms with Crippen LogP contribution in [0.3, 0.4) is 0 Å². The molecule has 0 aliphatic rings. The molecule has 0 nitrogen and oxygen atoms in total. The Bertz CT molecular complexity index is 416. The van der Waals surface area contributed by atoms with Gasteiger partial charge in [0.1, 0.15) is 5.82 Å². The van der Waals surface area contributed by atoms with Gasteiger partial charge in [0.2, 0.25) is 0 Å². The normalized spacial score (nSPS) is 10.4. The summed E-state index contributed by atoms with van der Waals surface area (Å²) in [5, 5.41) is 2.50. The van der Waals surface area contributed by atoms with Crippen molar-refractivity contribution >= 4 is 14.1 Å². The number of rotatable bonds is 4. The molecule has 1 rings (SSSR count). The lowest BCUT2D eigenvalue weighted by atomic mass is 10.2. The van der Waals surface area contributed by atoms with Crippen molar-refractivity contribution < 1.29 is 4.39 Å². The lowest BCUT2D eigenvalue weighted by molar-refractivity contribution is 0.627. The largest absolute Gasteiger partial charge is 0.377 e. The molecule has 1 aromatic carbocycles. The van der Waals surface area contributed by atoms with Crippen LogP contribution in [0.1, 0.15) is 33.3 Å². The molecule has 0 unspecified atom stereocenters. The van der Waals surface area contributed by atoms with Gasteiger partial charge in [0, 0.05) is 5.56 Å². The van der Waals surface area contributed by atoms with Crippen LogP contribution < -0.4 is 0 Å². The fourth-order valence-electron chi connectivity index (χ4n) is 2.10. The topological polar surface area (TPSA) is 0 Å². The highest BCUT2D eigenvalue weighted by Crippen LogP contribution is 2.14. The number of benzene rings is 1. The van der Waals surface area contributed by atoms with Gasteiger partial charge in [-0.1, -0.05) is 62.1 Å². The molecular formula is C16H22AlF. The van der Waals surface area contributed by atoms with Crippen LogP contribution in [0, 0.1) is 28.4 Å². The standard InChI is InChI=1S/C8H4F.2C4H9.Al/c1-2-7-4-3-5-8(9)6-7;2*1-4(2)3;/h3-6H;2*4H,1H2,2-3H3;. The Morgan fingerprint density at radius 3 is 2.22 bits per heavy atom. The number of halogens is 1. The first-order valence-corrected chi connectivity index (χ1v) is 8.95. The second kappa shape index (κ2) is 7.63. The third-order valence-corrected chi connectivity index (χ3v) is 6.33. The minimum absolute atomic E-state index is 0.201. The summed E-state index contributed by atoms with van der Waals surface area (Å²) in [6.07, 6.45) is 0. The summed E-state index contributed by atoms with van der Waals surface area (Å²) in [7, 11) is 0. The molecular weight excluding hydrogens is 238 g/mol. The summed E-state index contributed by atoms with van der Waals surface area (Å²) in [5.41, 5.74) is 0.806. The predicted molar refractivity (Wildman–Crippen MR) is 78.3 cm³/mol. The zero-order valence-corrected chi connectivity index (χ0v) is 13.0. The molecule has 96 valence electrons. The summed E-state index contributed by atoms with van der Waals surface area (Å²) >= 11 is -1.02. The average molecular weight is 260 g/mol. The quantitative estimate of drug-likeness (QED) is 0.551. The highest BCUT2D eigenvalue weighted by Gasteiger charge is 2.18. The molecule has 18 heavy (non-hydrogen) atoms. The Morgan fingerprint density at radius 1 is 1.11 bits per heavy atom. The Labute approximate surface area is 115 Å². The molecule has 0 aliphatic carbocycles. The zero-order chi connectivity index (χ0) is 13.5. The maximum atomic E-state index is 13.1. The minimum Gasteiger partial charge on any atom is -0.207 e. The van der Waals surface area contributed by atoms with Crippen LogP contribution in [0.25, 0.3) is 0 Å². The van der Waals surface area contributed by atoms with Gasteiger partial charge in [0.15, 0.2) is 0 Å². The Hall–Kier alpha value is -0.758. The molecule has 0 saturated carbocycles. The van der Waals surface area contributed by atoms with E-state index in [9.17, 15) is 4.39 Å². The van der Waals surface area contributed by atoms with Crippen molar-refractivity contribution in [3.63, 3.8) is 0 Å². The first-order valence-electron chi connectivity index (χ1n) is 6.74. The van der Waals surface area contributed by atoms with Gasteiger partial charge in [0.25, 0.3) is 0 Å². The fraction of sp³-hybridized carbons (Fsp3) is 0.500.